The average molecular weight is 240 g/mol. The van der Waals surface area contributed by atoms with Gasteiger partial charge in [0.15, 0.2) is 0 Å². The predicted molar refractivity (Wildman–Crippen MR) is 76.4 cm³/mol. The van der Waals surface area contributed by atoms with E-state index in [1.807, 2.05) is 0 Å². The summed E-state index contributed by atoms with van der Waals surface area (Å²) in [5, 5.41) is 3.49. The van der Waals surface area contributed by atoms with Crippen LogP contribution >= 0.6 is 0 Å². The first kappa shape index (κ1) is 15.0. The highest BCUT2D eigenvalue weighted by atomic mass is 15.1. The predicted octanol–water partition coefficient (Wildman–Crippen LogP) is 3.28. The van der Waals surface area contributed by atoms with Gasteiger partial charge in [-0.2, -0.15) is 0 Å². The van der Waals surface area contributed by atoms with Gasteiger partial charge in [0.25, 0.3) is 0 Å². The summed E-state index contributed by atoms with van der Waals surface area (Å²) in [5.74, 6) is 0. The first-order valence-corrected chi connectivity index (χ1v) is 7.55. The maximum absolute atomic E-state index is 3.49. The molecule has 0 aromatic carbocycles. The molecule has 102 valence electrons. The van der Waals surface area contributed by atoms with E-state index in [4.69, 9.17) is 0 Å². The van der Waals surface area contributed by atoms with Gasteiger partial charge < -0.3 is 10.2 Å². The van der Waals surface area contributed by atoms with Gasteiger partial charge in [0.1, 0.15) is 0 Å². The molecule has 0 aromatic rings. The van der Waals surface area contributed by atoms with Crippen molar-refractivity contribution < 1.29 is 0 Å². The van der Waals surface area contributed by atoms with E-state index < -0.39 is 0 Å². The Kier molecular flexibility index (Phi) is 6.50. The van der Waals surface area contributed by atoms with E-state index >= 15 is 0 Å². The molecule has 0 aromatic heterocycles. The fraction of sp³-hybridized carbons (Fsp3) is 1.00. The lowest BCUT2D eigenvalue weighted by atomic mass is 9.78. The minimum atomic E-state index is 0.632. The van der Waals surface area contributed by atoms with Crippen LogP contribution in [-0.4, -0.2) is 37.1 Å². The van der Waals surface area contributed by atoms with E-state index in [1.165, 1.54) is 51.7 Å². The first-order valence-electron chi connectivity index (χ1n) is 7.55. The van der Waals surface area contributed by atoms with Gasteiger partial charge in [-0.3, -0.25) is 0 Å². The Labute approximate surface area is 108 Å². The third-order valence-corrected chi connectivity index (χ3v) is 4.58. The Bertz CT molecular complexity index is 195. The highest BCUT2D eigenvalue weighted by Gasteiger charge is 2.27. The second kappa shape index (κ2) is 7.38. The van der Waals surface area contributed by atoms with Crippen molar-refractivity contribution in [1.29, 1.82) is 0 Å². The quantitative estimate of drug-likeness (QED) is 0.735. The summed E-state index contributed by atoms with van der Waals surface area (Å²) in [6.07, 6.45) is 6.79. The third-order valence-electron chi connectivity index (χ3n) is 4.58. The van der Waals surface area contributed by atoms with Crippen molar-refractivity contribution in [3.63, 3.8) is 0 Å². The lowest BCUT2D eigenvalue weighted by molar-refractivity contribution is 0.113. The minimum absolute atomic E-state index is 0.632. The highest BCUT2D eigenvalue weighted by molar-refractivity contribution is 4.81. The van der Waals surface area contributed by atoms with E-state index in [2.05, 4.69) is 37.9 Å². The lowest BCUT2D eigenvalue weighted by Gasteiger charge is -2.39. The zero-order chi connectivity index (χ0) is 12.7. The van der Waals surface area contributed by atoms with Crippen LogP contribution in [0.3, 0.4) is 0 Å². The van der Waals surface area contributed by atoms with Crippen molar-refractivity contribution in [3.8, 4) is 0 Å². The SMILES string of the molecule is CCNC(C)CCCN1CCC(C)(CC)CC1. The van der Waals surface area contributed by atoms with Gasteiger partial charge in [0.2, 0.25) is 0 Å². The van der Waals surface area contributed by atoms with Crippen molar-refractivity contribution in [2.24, 2.45) is 5.41 Å². The Morgan fingerprint density at radius 2 is 1.88 bits per heavy atom. The number of likely N-dealkylation sites (tertiary alicyclic amines) is 1. The fourth-order valence-electron chi connectivity index (χ4n) is 2.74. The molecule has 0 saturated carbocycles. The Morgan fingerprint density at radius 1 is 1.24 bits per heavy atom. The number of hydrogen-bond donors (Lipinski definition) is 1. The minimum Gasteiger partial charge on any atom is -0.315 e. The summed E-state index contributed by atoms with van der Waals surface area (Å²) in [7, 11) is 0. The van der Waals surface area contributed by atoms with E-state index in [9.17, 15) is 0 Å². The Balaban J connectivity index is 2.10. The van der Waals surface area contributed by atoms with Crippen LogP contribution in [0.25, 0.3) is 0 Å². The molecule has 1 aliphatic rings. The van der Waals surface area contributed by atoms with Crippen LogP contribution in [0.4, 0.5) is 0 Å². The van der Waals surface area contributed by atoms with Gasteiger partial charge in [-0.15, -0.1) is 0 Å². The molecule has 0 radical (unpaired) electrons. The summed E-state index contributed by atoms with van der Waals surface area (Å²) < 4.78 is 0. The van der Waals surface area contributed by atoms with Gasteiger partial charge >= 0.3 is 0 Å². The molecule has 0 bridgehead atoms. The zero-order valence-electron chi connectivity index (χ0n) is 12.4. The van der Waals surface area contributed by atoms with Crippen molar-refractivity contribution in [2.45, 2.75) is 65.8 Å². The molecule has 2 nitrogen and oxygen atoms in total. The van der Waals surface area contributed by atoms with Gasteiger partial charge in [-0.25, -0.2) is 0 Å². The van der Waals surface area contributed by atoms with Crippen LogP contribution in [-0.2, 0) is 0 Å². The molecular formula is C15H32N2. The molecule has 1 N–H and O–H groups in total. The monoisotopic (exact) mass is 240 g/mol. The van der Waals surface area contributed by atoms with Gasteiger partial charge in [0, 0.05) is 6.04 Å². The van der Waals surface area contributed by atoms with Crippen LogP contribution < -0.4 is 5.32 Å². The lowest BCUT2D eigenvalue weighted by Crippen LogP contribution is -2.39. The largest absolute Gasteiger partial charge is 0.315 e. The summed E-state index contributed by atoms with van der Waals surface area (Å²) >= 11 is 0. The molecule has 1 aliphatic heterocycles. The van der Waals surface area contributed by atoms with E-state index in [1.54, 1.807) is 0 Å². The molecule has 0 amide bonds. The second-order valence-electron chi connectivity index (χ2n) is 6.11. The van der Waals surface area contributed by atoms with Crippen LogP contribution in [0.1, 0.15) is 59.8 Å². The summed E-state index contributed by atoms with van der Waals surface area (Å²) in [5.41, 5.74) is 0.632. The smallest absolute Gasteiger partial charge is 0.00390 e. The van der Waals surface area contributed by atoms with Crippen LogP contribution in [0.2, 0.25) is 0 Å². The number of piperidine rings is 1. The van der Waals surface area contributed by atoms with Crippen LogP contribution in [0.5, 0.6) is 0 Å². The molecule has 1 atom stereocenters. The normalized spacial score (nSPS) is 22.6. The molecule has 17 heavy (non-hydrogen) atoms. The first-order chi connectivity index (χ1) is 8.09. The molecule has 1 saturated heterocycles. The van der Waals surface area contributed by atoms with E-state index in [0.29, 0.717) is 11.5 Å². The molecule has 1 unspecified atom stereocenters. The summed E-state index contributed by atoms with van der Waals surface area (Å²) in [4.78, 5) is 2.66. The Morgan fingerprint density at radius 3 is 2.41 bits per heavy atom. The maximum atomic E-state index is 3.49. The summed E-state index contributed by atoms with van der Waals surface area (Å²) in [6.45, 7) is 14.3. The molecule has 2 heteroatoms. The number of rotatable bonds is 7. The molecule has 0 aliphatic carbocycles. The van der Waals surface area contributed by atoms with Crippen LogP contribution in [0.15, 0.2) is 0 Å². The maximum Gasteiger partial charge on any atom is 0.00390 e. The van der Waals surface area contributed by atoms with E-state index in [-0.39, 0.29) is 0 Å². The standard InChI is InChI=1S/C15H32N2/c1-5-15(4)9-12-17(13-10-15)11-7-8-14(3)16-6-2/h14,16H,5-13H2,1-4H3. The third kappa shape index (κ3) is 5.39. The second-order valence-corrected chi connectivity index (χ2v) is 6.11. The Hall–Kier alpha value is -0.0800. The highest BCUT2D eigenvalue weighted by Crippen LogP contribution is 2.33. The number of nitrogens with zero attached hydrogens (tertiary/aromatic N) is 1. The number of nitrogens with one attached hydrogen (secondary N) is 1. The molecule has 0 spiro atoms. The topological polar surface area (TPSA) is 15.3 Å². The molecule has 1 rings (SSSR count). The molecule has 1 heterocycles. The van der Waals surface area contributed by atoms with Crippen molar-refractivity contribution in [2.75, 3.05) is 26.2 Å². The van der Waals surface area contributed by atoms with E-state index in [0.717, 1.165) is 6.54 Å². The molecule has 1 fully saturated rings. The van der Waals surface area contributed by atoms with Gasteiger partial charge in [-0.1, -0.05) is 27.2 Å². The van der Waals surface area contributed by atoms with Crippen molar-refractivity contribution in [1.82, 2.24) is 10.2 Å². The van der Waals surface area contributed by atoms with Gasteiger partial charge in [0.05, 0.1) is 0 Å². The molecular weight excluding hydrogens is 208 g/mol. The average Bonchev–Trinajstić information content (AvgIpc) is 2.32. The van der Waals surface area contributed by atoms with Gasteiger partial charge in [-0.05, 0) is 64.2 Å². The number of hydrogen-bond acceptors (Lipinski definition) is 2. The zero-order valence-corrected chi connectivity index (χ0v) is 12.4. The summed E-state index contributed by atoms with van der Waals surface area (Å²) in [6, 6.07) is 0.686. The fourth-order valence-corrected chi connectivity index (χ4v) is 2.74. The van der Waals surface area contributed by atoms with Crippen LogP contribution in [0, 0.1) is 5.41 Å². The van der Waals surface area contributed by atoms with Crippen molar-refractivity contribution in [3.05, 3.63) is 0 Å². The van der Waals surface area contributed by atoms with Crippen molar-refractivity contribution >= 4 is 0 Å².